The molecule has 1 heterocycles. The van der Waals surface area contributed by atoms with E-state index in [0.717, 1.165) is 9.77 Å². The normalized spacial score (nSPS) is 10.4. The molecule has 1 aromatic heterocycles. The van der Waals surface area contributed by atoms with Gasteiger partial charge in [-0.2, -0.15) is 0 Å². The lowest BCUT2D eigenvalue weighted by atomic mass is 10.3. The Morgan fingerprint density at radius 1 is 1.29 bits per heavy atom. The van der Waals surface area contributed by atoms with E-state index in [0.29, 0.717) is 17.2 Å². The lowest BCUT2D eigenvalue weighted by molar-refractivity contribution is -0.115. The number of halogens is 1. The molecule has 0 bridgehead atoms. The molecule has 2 aromatic rings. The zero-order chi connectivity index (χ0) is 12.1. The first-order valence-electron chi connectivity index (χ1n) is 5.16. The molecule has 0 fully saturated rings. The first-order chi connectivity index (χ1) is 8.24. The quantitative estimate of drug-likeness (QED) is 0.761. The van der Waals surface area contributed by atoms with Crippen molar-refractivity contribution in [1.29, 1.82) is 0 Å². The van der Waals surface area contributed by atoms with Gasteiger partial charge in [0, 0.05) is 21.2 Å². The van der Waals surface area contributed by atoms with E-state index in [2.05, 4.69) is 0 Å². The average Bonchev–Trinajstić information content (AvgIpc) is 2.79. The Morgan fingerprint density at radius 2 is 2.18 bits per heavy atom. The van der Waals surface area contributed by atoms with Crippen LogP contribution in [0, 0.1) is 0 Å². The zero-order valence-electron chi connectivity index (χ0n) is 9.06. The Kier molecular flexibility index (Phi) is 4.66. The topological polar surface area (TPSA) is 17.1 Å². The highest BCUT2D eigenvalue weighted by molar-refractivity contribution is 8.00. The maximum absolute atomic E-state index is 11.7. The van der Waals surface area contributed by atoms with Crippen LogP contribution in [0.25, 0.3) is 0 Å². The first-order valence-corrected chi connectivity index (χ1v) is 7.41. The van der Waals surface area contributed by atoms with Gasteiger partial charge in [-0.05, 0) is 29.6 Å². The fraction of sp³-hybridized carbons (Fsp3) is 0.154. The van der Waals surface area contributed by atoms with Gasteiger partial charge >= 0.3 is 0 Å². The minimum absolute atomic E-state index is 0.248. The standard InChI is InChI=1S/C13H11ClOS2/c14-10-3-1-4-12(7-10)17-9-11(15)8-13-5-2-6-16-13/h1-7H,8-9H2. The summed E-state index contributed by atoms with van der Waals surface area (Å²) in [7, 11) is 0. The second kappa shape index (κ2) is 6.24. The number of thiophene rings is 1. The van der Waals surface area contributed by atoms with E-state index < -0.39 is 0 Å². The van der Waals surface area contributed by atoms with Gasteiger partial charge in [0.05, 0.1) is 5.75 Å². The van der Waals surface area contributed by atoms with Gasteiger partial charge in [0.1, 0.15) is 5.78 Å². The van der Waals surface area contributed by atoms with Crippen molar-refractivity contribution in [2.24, 2.45) is 0 Å². The zero-order valence-corrected chi connectivity index (χ0v) is 11.4. The highest BCUT2D eigenvalue weighted by Crippen LogP contribution is 2.22. The molecular formula is C13H11ClOS2. The van der Waals surface area contributed by atoms with Crippen LogP contribution in [-0.2, 0) is 11.2 Å². The second-order valence-corrected chi connectivity index (χ2v) is 6.06. The minimum Gasteiger partial charge on any atom is -0.298 e. The van der Waals surface area contributed by atoms with E-state index in [1.165, 1.54) is 11.8 Å². The number of benzene rings is 1. The third kappa shape index (κ3) is 4.19. The Labute approximate surface area is 114 Å². The molecule has 0 spiro atoms. The molecule has 0 saturated heterocycles. The molecule has 2 rings (SSSR count). The van der Waals surface area contributed by atoms with Crippen LogP contribution >= 0.6 is 34.7 Å². The third-order valence-electron chi connectivity index (χ3n) is 2.15. The number of hydrogen-bond acceptors (Lipinski definition) is 3. The van der Waals surface area contributed by atoms with Gasteiger partial charge in [-0.3, -0.25) is 4.79 Å². The molecule has 1 nitrogen and oxygen atoms in total. The summed E-state index contributed by atoms with van der Waals surface area (Å²) in [5, 5.41) is 2.70. The molecule has 17 heavy (non-hydrogen) atoms. The molecule has 1 aromatic carbocycles. The van der Waals surface area contributed by atoms with E-state index in [4.69, 9.17) is 11.6 Å². The van der Waals surface area contributed by atoms with Crippen LogP contribution in [-0.4, -0.2) is 11.5 Å². The van der Waals surface area contributed by atoms with Crippen LogP contribution in [0.3, 0.4) is 0 Å². The van der Waals surface area contributed by atoms with Crippen LogP contribution in [0.5, 0.6) is 0 Å². The summed E-state index contributed by atoms with van der Waals surface area (Å²) in [6.07, 6.45) is 0.533. The summed E-state index contributed by atoms with van der Waals surface area (Å²) in [6.45, 7) is 0. The lowest BCUT2D eigenvalue weighted by Crippen LogP contribution is -2.04. The Morgan fingerprint density at radius 3 is 2.88 bits per heavy atom. The van der Waals surface area contributed by atoms with E-state index in [-0.39, 0.29) is 5.78 Å². The molecular weight excluding hydrogens is 272 g/mol. The molecule has 88 valence electrons. The molecule has 0 N–H and O–H groups in total. The Bertz CT molecular complexity index is 494. The summed E-state index contributed by atoms with van der Waals surface area (Å²) in [4.78, 5) is 13.9. The molecule has 0 radical (unpaired) electrons. The van der Waals surface area contributed by atoms with Crippen LogP contribution < -0.4 is 0 Å². The number of carbonyl (C=O) groups is 1. The summed E-state index contributed by atoms with van der Waals surface area (Å²) in [6, 6.07) is 11.5. The second-order valence-electron chi connectivity index (χ2n) is 3.54. The summed E-state index contributed by atoms with van der Waals surface area (Å²) in [5.74, 6) is 0.746. The average molecular weight is 283 g/mol. The SMILES string of the molecule is O=C(CSc1cccc(Cl)c1)Cc1cccs1. The fourth-order valence-electron chi connectivity index (χ4n) is 1.38. The monoisotopic (exact) mass is 282 g/mol. The Balaban J connectivity index is 1.84. The van der Waals surface area contributed by atoms with E-state index in [1.807, 2.05) is 41.8 Å². The van der Waals surface area contributed by atoms with Gasteiger partial charge in [0.25, 0.3) is 0 Å². The maximum atomic E-state index is 11.7. The highest BCUT2D eigenvalue weighted by atomic mass is 35.5. The molecule has 0 amide bonds. The Hall–Kier alpha value is -0.770. The van der Waals surface area contributed by atoms with Crippen molar-refractivity contribution < 1.29 is 4.79 Å². The van der Waals surface area contributed by atoms with Crippen molar-refractivity contribution in [2.75, 3.05) is 5.75 Å². The third-order valence-corrected chi connectivity index (χ3v) is 4.31. The van der Waals surface area contributed by atoms with E-state index in [9.17, 15) is 4.79 Å². The molecule has 0 unspecified atom stereocenters. The summed E-state index contributed by atoms with van der Waals surface area (Å²) in [5.41, 5.74) is 0. The van der Waals surface area contributed by atoms with Crippen molar-refractivity contribution in [3.63, 3.8) is 0 Å². The first kappa shape index (κ1) is 12.7. The molecule has 0 atom stereocenters. The van der Waals surface area contributed by atoms with Gasteiger partial charge in [0.15, 0.2) is 0 Å². The smallest absolute Gasteiger partial charge is 0.148 e. The van der Waals surface area contributed by atoms with Gasteiger partial charge in [-0.15, -0.1) is 23.1 Å². The van der Waals surface area contributed by atoms with Crippen LogP contribution in [0.4, 0.5) is 0 Å². The van der Waals surface area contributed by atoms with Crippen LogP contribution in [0.15, 0.2) is 46.7 Å². The van der Waals surface area contributed by atoms with Crippen molar-refractivity contribution >= 4 is 40.5 Å². The largest absolute Gasteiger partial charge is 0.298 e. The van der Waals surface area contributed by atoms with Gasteiger partial charge in [-0.25, -0.2) is 0 Å². The maximum Gasteiger partial charge on any atom is 0.148 e. The minimum atomic E-state index is 0.248. The van der Waals surface area contributed by atoms with Gasteiger partial charge < -0.3 is 0 Å². The lowest BCUT2D eigenvalue weighted by Gasteiger charge is -2.01. The number of Topliss-reactive ketones (excluding diaryl/α,β-unsaturated/α-hetero) is 1. The summed E-state index contributed by atoms with van der Waals surface area (Å²) < 4.78 is 0. The van der Waals surface area contributed by atoms with Crippen molar-refractivity contribution in [3.05, 3.63) is 51.7 Å². The van der Waals surface area contributed by atoms with Gasteiger partial charge in [-0.1, -0.05) is 23.7 Å². The molecule has 0 aliphatic rings. The predicted molar refractivity (Wildman–Crippen MR) is 75.2 cm³/mol. The highest BCUT2D eigenvalue weighted by Gasteiger charge is 2.05. The van der Waals surface area contributed by atoms with E-state index >= 15 is 0 Å². The van der Waals surface area contributed by atoms with Crippen molar-refractivity contribution in [1.82, 2.24) is 0 Å². The van der Waals surface area contributed by atoms with Crippen molar-refractivity contribution in [3.8, 4) is 0 Å². The van der Waals surface area contributed by atoms with E-state index in [1.54, 1.807) is 11.3 Å². The number of thioether (sulfide) groups is 1. The number of rotatable bonds is 5. The fourth-order valence-corrected chi connectivity index (χ4v) is 3.18. The predicted octanol–water partition coefficient (Wildman–Crippen LogP) is 4.31. The summed E-state index contributed by atoms with van der Waals surface area (Å²) >= 11 is 9.04. The van der Waals surface area contributed by atoms with Crippen LogP contribution in [0.2, 0.25) is 5.02 Å². The number of carbonyl (C=O) groups excluding carboxylic acids is 1. The number of ketones is 1. The molecule has 4 heteroatoms. The van der Waals surface area contributed by atoms with Crippen LogP contribution in [0.1, 0.15) is 4.88 Å². The number of hydrogen-bond donors (Lipinski definition) is 0. The molecule has 0 aliphatic heterocycles. The molecule has 0 saturated carbocycles. The van der Waals surface area contributed by atoms with Crippen molar-refractivity contribution in [2.45, 2.75) is 11.3 Å². The van der Waals surface area contributed by atoms with Gasteiger partial charge in [0.2, 0.25) is 0 Å². The molecule has 0 aliphatic carbocycles.